The lowest BCUT2D eigenvalue weighted by molar-refractivity contribution is 0.161. The fourth-order valence-electron chi connectivity index (χ4n) is 2.40. The first kappa shape index (κ1) is 15.8. The monoisotopic (exact) mass is 298 g/mol. The molecule has 0 saturated carbocycles. The van der Waals surface area contributed by atoms with Crippen LogP contribution in [0.4, 0.5) is 0 Å². The van der Waals surface area contributed by atoms with Crippen LogP contribution >= 0.6 is 11.8 Å². The Balaban J connectivity index is 1.83. The summed E-state index contributed by atoms with van der Waals surface area (Å²) in [7, 11) is 2.19. The number of aromatic nitrogens is 3. The molecule has 0 bridgehead atoms. The molecule has 1 aromatic heterocycles. The fraction of sp³-hybridized carbons (Fsp3) is 0.846. The molecule has 2 heterocycles. The van der Waals surface area contributed by atoms with Gasteiger partial charge < -0.3 is 15.2 Å². The molecule has 7 heteroatoms. The van der Waals surface area contributed by atoms with Crippen LogP contribution in [-0.2, 0) is 6.54 Å². The summed E-state index contributed by atoms with van der Waals surface area (Å²) in [5.41, 5.74) is 5.71. The SMILES string of the molecule is CC(C)n1c(CN)nnc1SCCN1CCN(C)CC1. The largest absolute Gasteiger partial charge is 0.324 e. The Morgan fingerprint density at radius 3 is 2.50 bits per heavy atom. The fourth-order valence-corrected chi connectivity index (χ4v) is 3.49. The summed E-state index contributed by atoms with van der Waals surface area (Å²) in [6.45, 7) is 10.5. The lowest BCUT2D eigenvalue weighted by atomic mass is 10.3. The van der Waals surface area contributed by atoms with Gasteiger partial charge in [0, 0.05) is 44.5 Å². The zero-order valence-corrected chi connectivity index (χ0v) is 13.6. The van der Waals surface area contributed by atoms with Gasteiger partial charge in [0.05, 0.1) is 6.54 Å². The van der Waals surface area contributed by atoms with Gasteiger partial charge in [-0.1, -0.05) is 11.8 Å². The molecular weight excluding hydrogens is 272 g/mol. The third-order valence-electron chi connectivity index (χ3n) is 3.67. The molecule has 114 valence electrons. The van der Waals surface area contributed by atoms with Gasteiger partial charge in [-0.25, -0.2) is 0 Å². The van der Waals surface area contributed by atoms with Gasteiger partial charge in [-0.15, -0.1) is 10.2 Å². The topological polar surface area (TPSA) is 63.2 Å². The van der Waals surface area contributed by atoms with Crippen LogP contribution in [0.5, 0.6) is 0 Å². The van der Waals surface area contributed by atoms with Crippen molar-refractivity contribution in [2.75, 3.05) is 45.5 Å². The van der Waals surface area contributed by atoms with Crippen molar-refractivity contribution in [3.05, 3.63) is 5.82 Å². The number of nitrogens with zero attached hydrogens (tertiary/aromatic N) is 5. The molecule has 2 rings (SSSR count). The molecule has 0 spiro atoms. The first-order chi connectivity index (χ1) is 9.61. The smallest absolute Gasteiger partial charge is 0.191 e. The summed E-state index contributed by atoms with van der Waals surface area (Å²) >= 11 is 1.78. The Labute approximate surface area is 125 Å². The number of hydrogen-bond acceptors (Lipinski definition) is 6. The standard InChI is InChI=1S/C13H26N6S/c1-11(2)19-12(10-14)15-16-13(19)20-9-8-18-6-4-17(3)5-7-18/h11H,4-10,14H2,1-3H3. The quantitative estimate of drug-likeness (QED) is 0.778. The average Bonchev–Trinajstić information content (AvgIpc) is 2.84. The van der Waals surface area contributed by atoms with Gasteiger partial charge in [0.25, 0.3) is 0 Å². The molecule has 1 aliphatic heterocycles. The highest BCUT2D eigenvalue weighted by Crippen LogP contribution is 2.21. The number of nitrogens with two attached hydrogens (primary N) is 1. The third kappa shape index (κ3) is 3.94. The summed E-state index contributed by atoms with van der Waals surface area (Å²) in [5, 5.41) is 9.45. The number of rotatable bonds is 6. The Morgan fingerprint density at radius 2 is 1.90 bits per heavy atom. The van der Waals surface area contributed by atoms with Crippen molar-refractivity contribution in [2.24, 2.45) is 5.73 Å². The van der Waals surface area contributed by atoms with E-state index in [1.165, 1.54) is 26.2 Å². The molecule has 1 fully saturated rings. The molecule has 6 nitrogen and oxygen atoms in total. The molecular formula is C13H26N6S. The van der Waals surface area contributed by atoms with Crippen LogP contribution < -0.4 is 5.73 Å². The minimum atomic E-state index is 0.356. The number of thioether (sulfide) groups is 1. The molecule has 0 unspecified atom stereocenters. The molecule has 20 heavy (non-hydrogen) atoms. The van der Waals surface area contributed by atoms with Crippen molar-refractivity contribution < 1.29 is 0 Å². The third-order valence-corrected chi connectivity index (χ3v) is 4.59. The van der Waals surface area contributed by atoms with E-state index in [-0.39, 0.29) is 0 Å². The van der Waals surface area contributed by atoms with E-state index >= 15 is 0 Å². The predicted octanol–water partition coefficient (Wildman–Crippen LogP) is 0.657. The van der Waals surface area contributed by atoms with Crippen LogP contribution in [0.25, 0.3) is 0 Å². The van der Waals surface area contributed by atoms with Gasteiger partial charge in [0.2, 0.25) is 0 Å². The summed E-state index contributed by atoms with van der Waals surface area (Å²) in [6, 6.07) is 0.356. The summed E-state index contributed by atoms with van der Waals surface area (Å²) < 4.78 is 2.15. The second-order valence-electron chi connectivity index (χ2n) is 5.56. The summed E-state index contributed by atoms with van der Waals surface area (Å²) in [6.07, 6.45) is 0. The lowest BCUT2D eigenvalue weighted by Crippen LogP contribution is -2.45. The van der Waals surface area contributed by atoms with E-state index < -0.39 is 0 Å². The second-order valence-corrected chi connectivity index (χ2v) is 6.62. The van der Waals surface area contributed by atoms with Crippen LogP contribution in [0.15, 0.2) is 5.16 Å². The van der Waals surface area contributed by atoms with Gasteiger partial charge >= 0.3 is 0 Å². The predicted molar refractivity (Wildman–Crippen MR) is 83.0 cm³/mol. The number of hydrogen-bond donors (Lipinski definition) is 1. The highest BCUT2D eigenvalue weighted by atomic mass is 32.2. The van der Waals surface area contributed by atoms with E-state index in [0.29, 0.717) is 12.6 Å². The zero-order valence-electron chi connectivity index (χ0n) is 12.7. The van der Waals surface area contributed by atoms with E-state index in [1.807, 2.05) is 0 Å². The van der Waals surface area contributed by atoms with Gasteiger partial charge in [0.15, 0.2) is 5.16 Å². The maximum absolute atomic E-state index is 5.71. The van der Waals surface area contributed by atoms with Crippen LogP contribution in [0.1, 0.15) is 25.7 Å². The van der Waals surface area contributed by atoms with Gasteiger partial charge in [0.1, 0.15) is 5.82 Å². The lowest BCUT2D eigenvalue weighted by Gasteiger charge is -2.32. The molecule has 0 aromatic carbocycles. The molecule has 1 saturated heterocycles. The van der Waals surface area contributed by atoms with Gasteiger partial charge in [-0.2, -0.15) is 0 Å². The Hall–Kier alpha value is -0.630. The van der Waals surface area contributed by atoms with Crippen LogP contribution in [-0.4, -0.2) is 70.1 Å². The first-order valence-electron chi connectivity index (χ1n) is 7.29. The average molecular weight is 298 g/mol. The molecule has 2 N–H and O–H groups in total. The Morgan fingerprint density at radius 1 is 1.20 bits per heavy atom. The van der Waals surface area contributed by atoms with Gasteiger partial charge in [-0.05, 0) is 20.9 Å². The van der Waals surface area contributed by atoms with E-state index in [1.54, 1.807) is 11.8 Å². The molecule has 0 atom stereocenters. The van der Waals surface area contributed by atoms with E-state index in [4.69, 9.17) is 5.73 Å². The molecule has 0 radical (unpaired) electrons. The minimum absolute atomic E-state index is 0.356. The van der Waals surface area contributed by atoms with Crippen LogP contribution in [0, 0.1) is 0 Å². The Bertz CT molecular complexity index is 411. The highest BCUT2D eigenvalue weighted by molar-refractivity contribution is 7.99. The summed E-state index contributed by atoms with van der Waals surface area (Å²) in [4.78, 5) is 4.90. The van der Waals surface area contributed by atoms with E-state index in [0.717, 1.165) is 23.3 Å². The highest BCUT2D eigenvalue weighted by Gasteiger charge is 2.16. The molecule has 0 amide bonds. The van der Waals surface area contributed by atoms with Crippen molar-refractivity contribution in [1.29, 1.82) is 0 Å². The van der Waals surface area contributed by atoms with E-state index in [9.17, 15) is 0 Å². The van der Waals surface area contributed by atoms with Gasteiger partial charge in [-0.3, -0.25) is 4.90 Å². The van der Waals surface area contributed by atoms with Crippen molar-refractivity contribution in [1.82, 2.24) is 24.6 Å². The van der Waals surface area contributed by atoms with Crippen molar-refractivity contribution >= 4 is 11.8 Å². The van der Waals surface area contributed by atoms with Crippen molar-refractivity contribution in [3.8, 4) is 0 Å². The number of likely N-dealkylation sites (N-methyl/N-ethyl adjacent to an activating group) is 1. The molecule has 1 aliphatic rings. The maximum atomic E-state index is 5.71. The first-order valence-corrected chi connectivity index (χ1v) is 8.28. The molecule has 1 aromatic rings. The summed E-state index contributed by atoms with van der Waals surface area (Å²) in [5.74, 6) is 1.93. The van der Waals surface area contributed by atoms with Crippen LogP contribution in [0.2, 0.25) is 0 Å². The maximum Gasteiger partial charge on any atom is 0.191 e. The minimum Gasteiger partial charge on any atom is -0.324 e. The molecule has 0 aliphatic carbocycles. The normalized spacial score (nSPS) is 18.1. The Kier molecular flexibility index (Phi) is 5.83. The van der Waals surface area contributed by atoms with Crippen LogP contribution in [0.3, 0.4) is 0 Å². The second kappa shape index (κ2) is 7.40. The zero-order chi connectivity index (χ0) is 14.5. The van der Waals surface area contributed by atoms with Crippen molar-refractivity contribution in [3.63, 3.8) is 0 Å². The van der Waals surface area contributed by atoms with Crippen molar-refractivity contribution in [2.45, 2.75) is 31.6 Å². The number of piperazine rings is 1. The van der Waals surface area contributed by atoms with E-state index in [2.05, 4.69) is 45.5 Å².